The normalized spacial score (nSPS) is 16.6. The van der Waals surface area contributed by atoms with Gasteiger partial charge in [0.05, 0.1) is 18.8 Å². The van der Waals surface area contributed by atoms with E-state index < -0.39 is 0 Å². The van der Waals surface area contributed by atoms with Crippen molar-refractivity contribution in [3.8, 4) is 0 Å². The zero-order valence-electron chi connectivity index (χ0n) is 13.2. The Morgan fingerprint density at radius 2 is 2.17 bits per heavy atom. The standard InChI is InChI=1S/C18H18N4O2/c23-18(16-9-10-24-21-16)20-15-7-4-8-17-14(15)11-19-22(17)12-13-5-2-1-3-6-13/h1-3,5-6,9-11,15H,4,7-8,12H2,(H,20,23). The number of fused-ring (bicyclic) bond motifs is 1. The predicted octanol–water partition coefficient (Wildman–Crippen LogP) is 2.73. The predicted molar refractivity (Wildman–Crippen MR) is 87.4 cm³/mol. The van der Waals surface area contributed by atoms with Crippen molar-refractivity contribution in [2.45, 2.75) is 31.8 Å². The number of carbonyl (C=O) groups excluding carboxylic acids is 1. The van der Waals surface area contributed by atoms with Gasteiger partial charge < -0.3 is 9.84 Å². The van der Waals surface area contributed by atoms with E-state index in [-0.39, 0.29) is 11.9 Å². The molecule has 0 bridgehead atoms. The Labute approximate surface area is 139 Å². The van der Waals surface area contributed by atoms with Crippen LogP contribution in [0.25, 0.3) is 0 Å². The van der Waals surface area contributed by atoms with Crippen LogP contribution in [0.3, 0.4) is 0 Å². The van der Waals surface area contributed by atoms with Crippen LogP contribution < -0.4 is 5.32 Å². The molecule has 1 aliphatic rings. The van der Waals surface area contributed by atoms with Crippen LogP contribution >= 0.6 is 0 Å². The van der Waals surface area contributed by atoms with Crippen LogP contribution in [0, 0.1) is 0 Å². The minimum absolute atomic E-state index is 0.0255. The fraction of sp³-hybridized carbons (Fsp3) is 0.278. The van der Waals surface area contributed by atoms with Crippen LogP contribution in [0.15, 0.2) is 53.4 Å². The van der Waals surface area contributed by atoms with Gasteiger partial charge >= 0.3 is 0 Å². The summed E-state index contributed by atoms with van der Waals surface area (Å²) in [6.45, 7) is 0.750. The minimum Gasteiger partial charge on any atom is -0.364 e. The molecule has 3 aromatic rings. The van der Waals surface area contributed by atoms with E-state index in [9.17, 15) is 4.79 Å². The molecule has 1 unspecified atom stereocenters. The van der Waals surface area contributed by atoms with Gasteiger partial charge in [0.15, 0.2) is 5.69 Å². The van der Waals surface area contributed by atoms with Crippen molar-refractivity contribution in [3.63, 3.8) is 0 Å². The van der Waals surface area contributed by atoms with E-state index in [4.69, 9.17) is 4.52 Å². The fourth-order valence-corrected chi connectivity index (χ4v) is 3.22. The molecule has 0 saturated heterocycles. The molecule has 2 aromatic heterocycles. The van der Waals surface area contributed by atoms with Gasteiger partial charge in [0, 0.05) is 17.3 Å². The second-order valence-electron chi connectivity index (χ2n) is 5.99. The molecule has 1 aromatic carbocycles. The van der Waals surface area contributed by atoms with Crippen molar-refractivity contribution in [2.24, 2.45) is 0 Å². The van der Waals surface area contributed by atoms with E-state index in [1.807, 2.05) is 29.1 Å². The van der Waals surface area contributed by atoms with Crippen molar-refractivity contribution in [3.05, 3.63) is 71.4 Å². The maximum Gasteiger partial charge on any atom is 0.273 e. The Balaban J connectivity index is 1.54. The van der Waals surface area contributed by atoms with Gasteiger partial charge in [-0.3, -0.25) is 9.48 Å². The lowest BCUT2D eigenvalue weighted by atomic mass is 9.92. The molecule has 122 valence electrons. The lowest BCUT2D eigenvalue weighted by Gasteiger charge is -2.24. The first-order chi connectivity index (χ1) is 11.8. The van der Waals surface area contributed by atoms with Gasteiger partial charge in [0.25, 0.3) is 5.91 Å². The van der Waals surface area contributed by atoms with Crippen molar-refractivity contribution in [2.75, 3.05) is 0 Å². The first kappa shape index (κ1) is 14.7. The highest BCUT2D eigenvalue weighted by Gasteiger charge is 2.26. The SMILES string of the molecule is O=C(NC1CCCc2c1cnn2Cc1ccccc1)c1ccon1. The summed E-state index contributed by atoms with van der Waals surface area (Å²) in [5.41, 5.74) is 3.83. The highest BCUT2D eigenvalue weighted by Crippen LogP contribution is 2.30. The van der Waals surface area contributed by atoms with Crippen LogP contribution in [0.1, 0.15) is 46.2 Å². The summed E-state index contributed by atoms with van der Waals surface area (Å²) in [7, 11) is 0. The van der Waals surface area contributed by atoms with Crippen LogP contribution in [-0.2, 0) is 13.0 Å². The summed E-state index contributed by atoms with van der Waals surface area (Å²) < 4.78 is 6.78. The lowest BCUT2D eigenvalue weighted by Crippen LogP contribution is -2.31. The third-order valence-electron chi connectivity index (χ3n) is 4.41. The summed E-state index contributed by atoms with van der Waals surface area (Å²) in [6, 6.07) is 11.8. The van der Waals surface area contributed by atoms with Crippen molar-refractivity contribution >= 4 is 5.91 Å². The molecule has 2 heterocycles. The monoisotopic (exact) mass is 322 g/mol. The number of hydrogen-bond acceptors (Lipinski definition) is 4. The molecule has 24 heavy (non-hydrogen) atoms. The van der Waals surface area contributed by atoms with Crippen LogP contribution in [0.2, 0.25) is 0 Å². The maximum atomic E-state index is 12.2. The van der Waals surface area contributed by atoms with Gasteiger partial charge in [-0.05, 0) is 24.8 Å². The summed E-state index contributed by atoms with van der Waals surface area (Å²) >= 11 is 0. The number of rotatable bonds is 4. The molecule has 1 amide bonds. The topological polar surface area (TPSA) is 73.0 Å². The number of aromatic nitrogens is 3. The van der Waals surface area contributed by atoms with E-state index >= 15 is 0 Å². The maximum absolute atomic E-state index is 12.2. The molecule has 0 aliphatic heterocycles. The third kappa shape index (κ3) is 2.82. The van der Waals surface area contributed by atoms with Crippen molar-refractivity contribution < 1.29 is 9.32 Å². The molecule has 6 nitrogen and oxygen atoms in total. The van der Waals surface area contributed by atoms with Gasteiger partial charge in [-0.25, -0.2) is 0 Å². The summed E-state index contributed by atoms with van der Waals surface area (Å²) in [4.78, 5) is 12.2. The number of nitrogens with zero attached hydrogens (tertiary/aromatic N) is 3. The third-order valence-corrected chi connectivity index (χ3v) is 4.41. The Hall–Kier alpha value is -2.89. The van der Waals surface area contributed by atoms with E-state index in [0.717, 1.165) is 31.4 Å². The van der Waals surface area contributed by atoms with Crippen molar-refractivity contribution in [1.29, 1.82) is 0 Å². The molecule has 4 rings (SSSR count). The largest absolute Gasteiger partial charge is 0.364 e. The summed E-state index contributed by atoms with van der Waals surface area (Å²) in [6.07, 6.45) is 6.20. The molecule has 6 heteroatoms. The molecule has 0 radical (unpaired) electrons. The van der Waals surface area contributed by atoms with Gasteiger partial charge in [0.2, 0.25) is 0 Å². The van der Waals surface area contributed by atoms with E-state index in [2.05, 4.69) is 27.7 Å². The molecule has 0 fully saturated rings. The first-order valence-corrected chi connectivity index (χ1v) is 8.11. The second kappa shape index (κ2) is 6.31. The quantitative estimate of drug-likeness (QED) is 0.801. The summed E-state index contributed by atoms with van der Waals surface area (Å²) in [5.74, 6) is -0.211. The molecular weight excluding hydrogens is 304 g/mol. The molecule has 0 spiro atoms. The molecule has 0 saturated carbocycles. The molecule has 1 atom stereocenters. The zero-order chi connectivity index (χ0) is 16.4. The number of amides is 1. The van der Waals surface area contributed by atoms with E-state index in [0.29, 0.717) is 5.69 Å². The van der Waals surface area contributed by atoms with Gasteiger partial charge in [-0.15, -0.1) is 0 Å². The average molecular weight is 322 g/mol. The highest BCUT2D eigenvalue weighted by molar-refractivity contribution is 5.92. The van der Waals surface area contributed by atoms with E-state index in [1.54, 1.807) is 6.07 Å². The molecular formula is C18H18N4O2. The fourth-order valence-electron chi connectivity index (χ4n) is 3.22. The highest BCUT2D eigenvalue weighted by atomic mass is 16.5. The Kier molecular flexibility index (Phi) is 3.86. The Bertz CT molecular complexity index is 824. The average Bonchev–Trinajstić information content (AvgIpc) is 3.27. The van der Waals surface area contributed by atoms with Gasteiger partial charge in [-0.1, -0.05) is 35.5 Å². The van der Waals surface area contributed by atoms with Crippen LogP contribution in [-0.4, -0.2) is 20.8 Å². The Morgan fingerprint density at radius 3 is 2.96 bits per heavy atom. The Morgan fingerprint density at radius 1 is 1.29 bits per heavy atom. The number of nitrogens with one attached hydrogen (secondary N) is 1. The van der Waals surface area contributed by atoms with Crippen molar-refractivity contribution in [1.82, 2.24) is 20.3 Å². The number of carbonyl (C=O) groups is 1. The van der Waals surface area contributed by atoms with Crippen LogP contribution in [0.5, 0.6) is 0 Å². The van der Waals surface area contributed by atoms with Gasteiger partial charge in [-0.2, -0.15) is 5.10 Å². The lowest BCUT2D eigenvalue weighted by molar-refractivity contribution is 0.0923. The second-order valence-corrected chi connectivity index (χ2v) is 5.99. The minimum atomic E-state index is -0.211. The number of benzene rings is 1. The smallest absolute Gasteiger partial charge is 0.273 e. The zero-order valence-corrected chi connectivity index (χ0v) is 13.2. The summed E-state index contributed by atoms with van der Waals surface area (Å²) in [5, 5.41) is 11.3. The molecule has 1 N–H and O–H groups in total. The molecule has 1 aliphatic carbocycles. The van der Waals surface area contributed by atoms with Gasteiger partial charge in [0.1, 0.15) is 6.26 Å². The van der Waals surface area contributed by atoms with E-state index in [1.165, 1.54) is 17.5 Å². The number of hydrogen-bond donors (Lipinski definition) is 1. The van der Waals surface area contributed by atoms with Crippen LogP contribution in [0.4, 0.5) is 0 Å². The first-order valence-electron chi connectivity index (χ1n) is 8.11.